The number of aliphatic hydroxyl groups is 2. The molecule has 0 saturated carbocycles. The summed E-state index contributed by atoms with van der Waals surface area (Å²) in [6.07, 6.45) is -3.49. The van der Waals surface area contributed by atoms with Crippen molar-refractivity contribution in [2.24, 2.45) is 0 Å². The van der Waals surface area contributed by atoms with Crippen LogP contribution in [0.4, 0.5) is 29.3 Å². The highest BCUT2D eigenvalue weighted by Crippen LogP contribution is 2.50. The van der Waals surface area contributed by atoms with Crippen molar-refractivity contribution < 1.29 is 28.2 Å². The highest BCUT2D eigenvalue weighted by molar-refractivity contribution is 6.32. The molecule has 1 aliphatic rings. The fourth-order valence-electron chi connectivity index (χ4n) is 4.09. The largest absolute Gasteiger partial charge is 0.401 e. The molecule has 0 aromatic carbocycles. The van der Waals surface area contributed by atoms with E-state index in [9.17, 15) is 23.1 Å². The number of nitrogens with zero attached hydrogens (tertiary/aromatic N) is 7. The third kappa shape index (κ3) is 4.15. The summed E-state index contributed by atoms with van der Waals surface area (Å²) in [5.41, 5.74) is -2.06. The van der Waals surface area contributed by atoms with E-state index >= 15 is 0 Å². The van der Waals surface area contributed by atoms with Gasteiger partial charge in [-0.25, -0.2) is 14.3 Å². The molecule has 4 aromatic heterocycles. The van der Waals surface area contributed by atoms with Gasteiger partial charge in [0.05, 0.1) is 46.6 Å². The molecule has 3 N–H and O–H groups in total. The minimum atomic E-state index is -4.70. The number of aromatic nitrogens is 6. The van der Waals surface area contributed by atoms with Crippen LogP contribution in [-0.4, -0.2) is 65.2 Å². The molecule has 16 heteroatoms. The lowest BCUT2D eigenvalue weighted by Crippen LogP contribution is -2.46. The van der Waals surface area contributed by atoms with E-state index in [4.69, 9.17) is 28.3 Å². The maximum absolute atomic E-state index is 14.3. The molecule has 4 aromatic rings. The van der Waals surface area contributed by atoms with Crippen molar-refractivity contribution >= 4 is 46.1 Å². The van der Waals surface area contributed by atoms with Gasteiger partial charge in [0.1, 0.15) is 17.2 Å². The Labute approximate surface area is 216 Å². The minimum absolute atomic E-state index is 0.00767. The number of amides is 2. The summed E-state index contributed by atoms with van der Waals surface area (Å²) in [5, 5.41) is 33.2. The molecule has 0 bridgehead atoms. The lowest BCUT2D eigenvalue weighted by Gasteiger charge is -2.28. The first-order valence-electron chi connectivity index (χ1n) is 10.6. The van der Waals surface area contributed by atoms with Crippen LogP contribution in [0.1, 0.15) is 24.4 Å². The van der Waals surface area contributed by atoms with Crippen molar-refractivity contribution in [3.05, 3.63) is 58.2 Å². The van der Waals surface area contributed by atoms with Crippen molar-refractivity contribution in [3.8, 4) is 5.82 Å². The van der Waals surface area contributed by atoms with E-state index in [-0.39, 0.29) is 38.8 Å². The van der Waals surface area contributed by atoms with Crippen LogP contribution in [0.2, 0.25) is 10.2 Å². The van der Waals surface area contributed by atoms with Gasteiger partial charge in [0.15, 0.2) is 11.0 Å². The lowest BCUT2D eigenvalue weighted by molar-refractivity contribution is -0.181. The SMILES string of the molecule is C[C@@]1(C(F)(F)F)CN(C(=O)Nc2cnc(-n3ncc([C@H](O)CO)n3)c(Cl)c2)c2ccc3cc(Cl)nn3c21. The van der Waals surface area contributed by atoms with E-state index in [2.05, 4.69) is 25.6 Å². The van der Waals surface area contributed by atoms with Gasteiger partial charge in [-0.1, -0.05) is 23.2 Å². The molecule has 194 valence electrons. The average Bonchev–Trinajstić information content (AvgIpc) is 3.53. The summed E-state index contributed by atoms with van der Waals surface area (Å²) in [7, 11) is 0. The van der Waals surface area contributed by atoms with Crippen LogP contribution in [-0.2, 0) is 5.41 Å². The molecule has 0 aliphatic carbocycles. The number of halogens is 5. The third-order valence-electron chi connectivity index (χ3n) is 6.02. The maximum Gasteiger partial charge on any atom is 0.401 e. The summed E-state index contributed by atoms with van der Waals surface area (Å²) in [5.74, 6) is 0.0603. The molecule has 2 amide bonds. The quantitative estimate of drug-likeness (QED) is 0.350. The van der Waals surface area contributed by atoms with Gasteiger partial charge >= 0.3 is 12.2 Å². The first kappa shape index (κ1) is 25.2. The molecule has 0 saturated heterocycles. The molecule has 1 aliphatic heterocycles. The number of urea groups is 1. The number of hydrogen-bond donors (Lipinski definition) is 3. The highest BCUT2D eigenvalue weighted by atomic mass is 35.5. The van der Waals surface area contributed by atoms with Crippen LogP contribution in [0.3, 0.4) is 0 Å². The monoisotopic (exact) mass is 556 g/mol. The second-order valence-corrected chi connectivity index (χ2v) is 9.30. The van der Waals surface area contributed by atoms with E-state index in [1.165, 1.54) is 36.7 Å². The number of fused-ring (bicyclic) bond motifs is 3. The summed E-state index contributed by atoms with van der Waals surface area (Å²) >= 11 is 12.2. The first-order valence-corrected chi connectivity index (χ1v) is 11.4. The normalized spacial score (nSPS) is 18.3. The Morgan fingerprint density at radius 1 is 1.24 bits per heavy atom. The van der Waals surface area contributed by atoms with Crippen molar-refractivity contribution in [1.29, 1.82) is 0 Å². The number of alkyl halides is 3. The second-order valence-electron chi connectivity index (χ2n) is 8.50. The lowest BCUT2D eigenvalue weighted by atomic mass is 9.87. The molecular formula is C21H17Cl2F3N8O3. The van der Waals surface area contributed by atoms with Crippen LogP contribution in [0.5, 0.6) is 0 Å². The molecule has 0 radical (unpaired) electrons. The average molecular weight is 557 g/mol. The van der Waals surface area contributed by atoms with Gasteiger partial charge in [0.25, 0.3) is 0 Å². The van der Waals surface area contributed by atoms with E-state index in [0.717, 1.165) is 21.1 Å². The van der Waals surface area contributed by atoms with Gasteiger partial charge in [-0.15, -0.1) is 9.90 Å². The number of hydrogen-bond acceptors (Lipinski definition) is 7. The van der Waals surface area contributed by atoms with Crippen molar-refractivity contribution in [1.82, 2.24) is 29.6 Å². The van der Waals surface area contributed by atoms with Gasteiger partial charge in [-0.05, 0) is 25.1 Å². The van der Waals surface area contributed by atoms with Gasteiger partial charge in [0.2, 0.25) is 0 Å². The topological polar surface area (TPSA) is 134 Å². The fraction of sp³-hybridized carbons (Fsp3) is 0.286. The molecule has 0 fully saturated rings. The maximum atomic E-state index is 14.3. The molecular weight excluding hydrogens is 540 g/mol. The Balaban J connectivity index is 1.45. The van der Waals surface area contributed by atoms with Gasteiger partial charge < -0.3 is 15.5 Å². The zero-order valence-electron chi connectivity index (χ0n) is 18.8. The van der Waals surface area contributed by atoms with E-state index in [0.29, 0.717) is 5.52 Å². The molecule has 2 atom stereocenters. The number of anilines is 2. The van der Waals surface area contributed by atoms with Crippen molar-refractivity contribution in [2.45, 2.75) is 24.6 Å². The Morgan fingerprint density at radius 3 is 2.68 bits per heavy atom. The van der Waals surface area contributed by atoms with Crippen LogP contribution in [0, 0.1) is 0 Å². The zero-order chi connectivity index (χ0) is 26.7. The number of carbonyl (C=O) groups excluding carboxylic acids is 1. The third-order valence-corrected chi connectivity index (χ3v) is 6.48. The van der Waals surface area contributed by atoms with Gasteiger partial charge in [0, 0.05) is 12.6 Å². The van der Waals surface area contributed by atoms with Crippen LogP contribution in [0.15, 0.2) is 36.7 Å². The molecule has 5 heterocycles. The summed E-state index contributed by atoms with van der Waals surface area (Å²) < 4.78 is 43.9. The van der Waals surface area contributed by atoms with Gasteiger partial charge in [-0.2, -0.15) is 23.4 Å². The van der Waals surface area contributed by atoms with E-state index in [1.807, 2.05) is 0 Å². The van der Waals surface area contributed by atoms with Crippen LogP contribution in [0.25, 0.3) is 11.3 Å². The number of aliphatic hydroxyl groups excluding tert-OH is 2. The Kier molecular flexibility index (Phi) is 6.02. The van der Waals surface area contributed by atoms with Gasteiger partial charge in [-0.3, -0.25) is 4.90 Å². The number of rotatable bonds is 4. The smallest absolute Gasteiger partial charge is 0.393 e. The highest BCUT2D eigenvalue weighted by Gasteiger charge is 2.60. The number of carbonyl (C=O) groups is 1. The summed E-state index contributed by atoms with van der Waals surface area (Å²) in [6, 6.07) is 4.84. The predicted octanol–water partition coefficient (Wildman–Crippen LogP) is 3.51. The number of pyridine rings is 2. The summed E-state index contributed by atoms with van der Waals surface area (Å²) in [4.78, 5) is 19.2. The Hall–Kier alpha value is -3.46. The van der Waals surface area contributed by atoms with Crippen molar-refractivity contribution in [2.75, 3.05) is 23.4 Å². The minimum Gasteiger partial charge on any atom is -0.393 e. The van der Waals surface area contributed by atoms with Crippen LogP contribution < -0.4 is 10.2 Å². The zero-order valence-corrected chi connectivity index (χ0v) is 20.3. The predicted molar refractivity (Wildman–Crippen MR) is 126 cm³/mol. The Morgan fingerprint density at radius 2 is 2.00 bits per heavy atom. The molecule has 11 nitrogen and oxygen atoms in total. The number of nitrogens with one attached hydrogen (secondary N) is 1. The molecule has 37 heavy (non-hydrogen) atoms. The van der Waals surface area contributed by atoms with Crippen LogP contribution >= 0.6 is 23.2 Å². The standard InChI is InChI=1S/C21H17Cl2F3N8O3/c1-20(21(24,25)26)9-32(14-3-2-11-5-16(23)31-33(11)17(14)20)19(37)29-10-4-12(22)18(27-6-10)34-28-7-13(30-34)15(36)8-35/h2-7,15,35-36H,8-9H2,1H3,(H,29,37)/t15-,20-/m1/s1. The molecule has 5 rings (SSSR count). The first-order chi connectivity index (χ1) is 17.4. The second kappa shape index (κ2) is 8.83. The van der Waals surface area contributed by atoms with Crippen molar-refractivity contribution in [3.63, 3.8) is 0 Å². The molecule has 0 unspecified atom stereocenters. The van der Waals surface area contributed by atoms with E-state index < -0.39 is 36.9 Å². The summed E-state index contributed by atoms with van der Waals surface area (Å²) in [6.45, 7) is -0.252. The molecule has 0 spiro atoms. The Bertz CT molecular complexity index is 1520. The van der Waals surface area contributed by atoms with E-state index in [1.54, 1.807) is 0 Å². The fourth-order valence-corrected chi connectivity index (χ4v) is 4.52.